The van der Waals surface area contributed by atoms with Crippen molar-refractivity contribution in [3.05, 3.63) is 23.9 Å². The molecule has 0 aliphatic heterocycles. The Hall–Kier alpha value is -1.62. The first-order chi connectivity index (χ1) is 7.63. The Bertz CT molecular complexity index is 355. The predicted octanol–water partition coefficient (Wildman–Crippen LogP) is 1.47. The van der Waals surface area contributed by atoms with E-state index in [1.54, 1.807) is 7.11 Å². The van der Waals surface area contributed by atoms with E-state index in [0.29, 0.717) is 24.9 Å². The van der Waals surface area contributed by atoms with Crippen LogP contribution >= 0.6 is 0 Å². The number of nitrogens with zero attached hydrogens (tertiary/aromatic N) is 1. The van der Waals surface area contributed by atoms with Gasteiger partial charge < -0.3 is 15.2 Å². The molecule has 2 N–H and O–H groups in total. The number of aromatic nitrogens is 1. The van der Waals surface area contributed by atoms with Crippen LogP contribution in [0, 0.1) is 5.92 Å². The molecule has 16 heavy (non-hydrogen) atoms. The van der Waals surface area contributed by atoms with Crippen molar-refractivity contribution in [2.24, 2.45) is 5.92 Å². The predicted molar refractivity (Wildman–Crippen MR) is 60.7 cm³/mol. The summed E-state index contributed by atoms with van der Waals surface area (Å²) >= 11 is 0. The fourth-order valence-corrected chi connectivity index (χ4v) is 1.28. The Balaban J connectivity index is 2.54. The maximum Gasteiger partial charge on any atom is 0.335 e. The van der Waals surface area contributed by atoms with Crippen LogP contribution < -0.4 is 5.32 Å². The van der Waals surface area contributed by atoms with Gasteiger partial charge in [-0.3, -0.25) is 0 Å². The summed E-state index contributed by atoms with van der Waals surface area (Å²) in [6, 6.07) is 2.98. The van der Waals surface area contributed by atoms with E-state index >= 15 is 0 Å². The molecule has 0 aliphatic rings. The van der Waals surface area contributed by atoms with E-state index in [9.17, 15) is 4.79 Å². The van der Waals surface area contributed by atoms with Gasteiger partial charge in [0, 0.05) is 19.9 Å². The SMILES string of the molecule is COCC(C)CNc1cc(C(=O)O)ccn1. The lowest BCUT2D eigenvalue weighted by Crippen LogP contribution is -2.16. The quantitative estimate of drug-likeness (QED) is 0.765. The van der Waals surface area contributed by atoms with Gasteiger partial charge in [0.25, 0.3) is 0 Å². The number of aromatic carboxylic acids is 1. The number of carboxylic acid groups (broad SMARTS) is 1. The molecule has 0 fully saturated rings. The number of hydrogen-bond acceptors (Lipinski definition) is 4. The number of ether oxygens (including phenoxy) is 1. The molecule has 1 unspecified atom stereocenters. The van der Waals surface area contributed by atoms with Gasteiger partial charge in [-0.2, -0.15) is 0 Å². The largest absolute Gasteiger partial charge is 0.478 e. The zero-order valence-corrected chi connectivity index (χ0v) is 9.43. The van der Waals surface area contributed by atoms with Gasteiger partial charge in [-0.25, -0.2) is 9.78 Å². The van der Waals surface area contributed by atoms with Crippen LogP contribution in [0.15, 0.2) is 18.3 Å². The topological polar surface area (TPSA) is 71.5 Å². The molecular weight excluding hydrogens is 208 g/mol. The van der Waals surface area contributed by atoms with Crippen molar-refractivity contribution in [3.8, 4) is 0 Å². The normalized spacial score (nSPS) is 12.1. The number of anilines is 1. The maximum absolute atomic E-state index is 10.7. The lowest BCUT2D eigenvalue weighted by Gasteiger charge is -2.11. The van der Waals surface area contributed by atoms with Crippen molar-refractivity contribution >= 4 is 11.8 Å². The molecule has 0 radical (unpaired) electrons. The summed E-state index contributed by atoms with van der Waals surface area (Å²) in [6.45, 7) is 3.40. The number of pyridine rings is 1. The second-order valence-corrected chi connectivity index (χ2v) is 3.68. The molecule has 1 rings (SSSR count). The first kappa shape index (κ1) is 12.4. The molecule has 0 saturated heterocycles. The van der Waals surface area contributed by atoms with Gasteiger partial charge in [-0.15, -0.1) is 0 Å². The van der Waals surface area contributed by atoms with Crippen molar-refractivity contribution in [1.82, 2.24) is 4.98 Å². The Morgan fingerprint density at radius 1 is 1.69 bits per heavy atom. The molecule has 1 aromatic rings. The first-order valence-electron chi connectivity index (χ1n) is 5.05. The highest BCUT2D eigenvalue weighted by atomic mass is 16.5. The third-order valence-corrected chi connectivity index (χ3v) is 2.09. The molecule has 0 aliphatic carbocycles. The van der Waals surface area contributed by atoms with Crippen molar-refractivity contribution in [2.45, 2.75) is 6.92 Å². The third-order valence-electron chi connectivity index (χ3n) is 2.09. The number of carboxylic acids is 1. The average molecular weight is 224 g/mol. The Labute approximate surface area is 94.5 Å². The van der Waals surface area contributed by atoms with Gasteiger partial charge in [0.15, 0.2) is 0 Å². The average Bonchev–Trinajstić information content (AvgIpc) is 2.27. The molecule has 5 nitrogen and oxygen atoms in total. The van der Waals surface area contributed by atoms with Gasteiger partial charge in [0.05, 0.1) is 12.2 Å². The lowest BCUT2D eigenvalue weighted by molar-refractivity contribution is 0.0697. The van der Waals surface area contributed by atoms with E-state index in [4.69, 9.17) is 9.84 Å². The number of methoxy groups -OCH3 is 1. The zero-order valence-electron chi connectivity index (χ0n) is 9.43. The van der Waals surface area contributed by atoms with Crippen molar-refractivity contribution < 1.29 is 14.6 Å². The highest BCUT2D eigenvalue weighted by Crippen LogP contribution is 2.07. The van der Waals surface area contributed by atoms with Gasteiger partial charge in [0.2, 0.25) is 0 Å². The minimum atomic E-state index is -0.949. The van der Waals surface area contributed by atoms with Crippen LogP contribution in [-0.2, 0) is 4.74 Å². The van der Waals surface area contributed by atoms with E-state index in [1.165, 1.54) is 18.3 Å². The number of hydrogen-bond donors (Lipinski definition) is 2. The van der Waals surface area contributed by atoms with Gasteiger partial charge in [-0.1, -0.05) is 6.92 Å². The minimum absolute atomic E-state index is 0.233. The van der Waals surface area contributed by atoms with Gasteiger partial charge >= 0.3 is 5.97 Å². The highest BCUT2D eigenvalue weighted by Gasteiger charge is 2.05. The third kappa shape index (κ3) is 3.86. The Kier molecular flexibility index (Phi) is 4.72. The molecule has 1 aromatic heterocycles. The molecule has 1 heterocycles. The number of rotatable bonds is 6. The summed E-state index contributed by atoms with van der Waals surface area (Å²) in [5, 5.41) is 11.9. The van der Waals surface area contributed by atoms with Crippen LogP contribution in [0.2, 0.25) is 0 Å². The molecule has 0 aromatic carbocycles. The lowest BCUT2D eigenvalue weighted by atomic mass is 10.2. The smallest absolute Gasteiger partial charge is 0.335 e. The number of nitrogens with one attached hydrogen (secondary N) is 1. The summed E-state index contributed by atoms with van der Waals surface area (Å²) in [4.78, 5) is 14.8. The van der Waals surface area contributed by atoms with E-state index in [2.05, 4.69) is 10.3 Å². The fourth-order valence-electron chi connectivity index (χ4n) is 1.28. The molecule has 0 amide bonds. The van der Waals surface area contributed by atoms with Crippen molar-refractivity contribution in [1.29, 1.82) is 0 Å². The van der Waals surface area contributed by atoms with Crippen LogP contribution in [-0.4, -0.2) is 36.3 Å². The Morgan fingerprint density at radius 2 is 2.44 bits per heavy atom. The van der Waals surface area contributed by atoms with Crippen LogP contribution in [0.5, 0.6) is 0 Å². The van der Waals surface area contributed by atoms with Crippen molar-refractivity contribution in [3.63, 3.8) is 0 Å². The van der Waals surface area contributed by atoms with E-state index < -0.39 is 5.97 Å². The number of carbonyl (C=O) groups is 1. The molecule has 0 spiro atoms. The minimum Gasteiger partial charge on any atom is -0.478 e. The molecular formula is C11H16N2O3. The van der Waals surface area contributed by atoms with Gasteiger partial charge in [0.1, 0.15) is 5.82 Å². The van der Waals surface area contributed by atoms with Crippen molar-refractivity contribution in [2.75, 3.05) is 25.6 Å². The van der Waals surface area contributed by atoms with Gasteiger partial charge in [-0.05, 0) is 18.1 Å². The second-order valence-electron chi connectivity index (χ2n) is 3.68. The fraction of sp³-hybridized carbons (Fsp3) is 0.455. The summed E-state index contributed by atoms with van der Waals surface area (Å²) in [5.74, 6) is -0.0291. The van der Waals surface area contributed by atoms with Crippen LogP contribution in [0.4, 0.5) is 5.82 Å². The molecule has 1 atom stereocenters. The summed E-state index contributed by atoms with van der Waals surface area (Å²) in [6.07, 6.45) is 1.48. The van der Waals surface area contributed by atoms with Crippen LogP contribution in [0.25, 0.3) is 0 Å². The second kappa shape index (κ2) is 6.07. The standard InChI is InChI=1S/C11H16N2O3/c1-8(7-16-2)6-13-10-5-9(11(14)15)3-4-12-10/h3-5,8H,6-7H2,1-2H3,(H,12,13)(H,14,15). The van der Waals surface area contributed by atoms with Crippen LogP contribution in [0.3, 0.4) is 0 Å². The zero-order chi connectivity index (χ0) is 12.0. The van der Waals surface area contributed by atoms with Crippen LogP contribution in [0.1, 0.15) is 17.3 Å². The molecule has 0 bridgehead atoms. The molecule has 5 heteroatoms. The molecule has 0 saturated carbocycles. The Morgan fingerprint density at radius 3 is 3.06 bits per heavy atom. The molecule has 88 valence electrons. The van der Waals surface area contributed by atoms with E-state index in [0.717, 1.165) is 0 Å². The van der Waals surface area contributed by atoms with E-state index in [-0.39, 0.29) is 5.56 Å². The maximum atomic E-state index is 10.7. The monoisotopic (exact) mass is 224 g/mol. The summed E-state index contributed by atoms with van der Waals surface area (Å²) in [5.41, 5.74) is 0.233. The first-order valence-corrected chi connectivity index (χ1v) is 5.05. The van der Waals surface area contributed by atoms with E-state index in [1.807, 2.05) is 6.92 Å². The summed E-state index contributed by atoms with van der Waals surface area (Å²) < 4.78 is 5.00. The summed E-state index contributed by atoms with van der Waals surface area (Å²) in [7, 11) is 1.65. The highest BCUT2D eigenvalue weighted by molar-refractivity contribution is 5.88.